The summed E-state index contributed by atoms with van der Waals surface area (Å²) in [4.78, 5) is 11.1. The molecule has 5 nitrogen and oxygen atoms in total. The Hall–Kier alpha value is -2.74. The summed E-state index contributed by atoms with van der Waals surface area (Å²) in [5.41, 5.74) is 8.13. The summed E-state index contributed by atoms with van der Waals surface area (Å²) >= 11 is 0. The van der Waals surface area contributed by atoms with Crippen molar-refractivity contribution in [2.45, 2.75) is 6.54 Å². The molecule has 19 heavy (non-hydrogen) atoms. The van der Waals surface area contributed by atoms with Crippen molar-refractivity contribution in [3.63, 3.8) is 0 Å². The van der Waals surface area contributed by atoms with Crippen molar-refractivity contribution >= 4 is 11.6 Å². The average molecular weight is 254 g/mol. The number of carbonyl (C=O) groups is 1. The predicted octanol–water partition coefficient (Wildman–Crippen LogP) is 1.61. The fraction of sp³-hybridized carbons (Fsp3) is 0.143. The minimum Gasteiger partial charge on any atom is -0.381 e. The fourth-order valence-electron chi connectivity index (χ4n) is 1.83. The van der Waals surface area contributed by atoms with E-state index in [0.29, 0.717) is 17.8 Å². The maximum Gasteiger partial charge on any atom is 0.248 e. The van der Waals surface area contributed by atoms with E-state index in [1.807, 2.05) is 25.4 Å². The van der Waals surface area contributed by atoms with Crippen LogP contribution >= 0.6 is 0 Å². The Kier molecular flexibility index (Phi) is 3.53. The van der Waals surface area contributed by atoms with E-state index in [9.17, 15) is 4.79 Å². The highest BCUT2D eigenvalue weighted by molar-refractivity contribution is 5.93. The van der Waals surface area contributed by atoms with E-state index in [1.165, 1.54) is 0 Å². The van der Waals surface area contributed by atoms with Gasteiger partial charge >= 0.3 is 0 Å². The monoisotopic (exact) mass is 254 g/mol. The molecule has 1 aromatic carbocycles. The molecule has 0 aliphatic carbocycles. The van der Waals surface area contributed by atoms with E-state index in [-0.39, 0.29) is 0 Å². The summed E-state index contributed by atoms with van der Waals surface area (Å²) in [7, 11) is 1.83. The molecule has 96 valence electrons. The molecule has 0 saturated heterocycles. The van der Waals surface area contributed by atoms with Crippen molar-refractivity contribution < 1.29 is 4.79 Å². The first-order chi connectivity index (χ1) is 9.10. The zero-order chi connectivity index (χ0) is 13.8. The second-order valence-electron chi connectivity index (χ2n) is 4.25. The third-order valence-electron chi connectivity index (χ3n) is 2.82. The lowest BCUT2D eigenvalue weighted by Crippen LogP contribution is -2.11. The third-order valence-corrected chi connectivity index (χ3v) is 2.82. The summed E-state index contributed by atoms with van der Waals surface area (Å²) in [6.07, 6.45) is 1.89. The highest BCUT2D eigenvalue weighted by atomic mass is 16.1. The largest absolute Gasteiger partial charge is 0.381 e. The minimum absolute atomic E-state index is 0.449. The van der Waals surface area contributed by atoms with Gasteiger partial charge in [0.1, 0.15) is 11.8 Å². The summed E-state index contributed by atoms with van der Waals surface area (Å²) in [5, 5.41) is 12.1. The van der Waals surface area contributed by atoms with Crippen LogP contribution in [0.5, 0.6) is 0 Å². The minimum atomic E-state index is -0.449. The lowest BCUT2D eigenvalue weighted by atomic mass is 10.2. The standard InChI is InChI=1S/C14H14N4O/c1-18-9-10(5-13(18)7-15)8-17-12-4-2-3-11(6-12)14(16)19/h2-6,9,17H,8H2,1H3,(H2,16,19). The Morgan fingerprint density at radius 1 is 1.47 bits per heavy atom. The van der Waals surface area contributed by atoms with Crippen LogP contribution in [0, 0.1) is 11.3 Å². The van der Waals surface area contributed by atoms with Crippen LogP contribution in [0.1, 0.15) is 21.6 Å². The van der Waals surface area contributed by atoms with Gasteiger partial charge in [-0.15, -0.1) is 0 Å². The van der Waals surface area contributed by atoms with Crippen LogP contribution in [0.25, 0.3) is 0 Å². The molecule has 0 bridgehead atoms. The van der Waals surface area contributed by atoms with Crippen molar-refractivity contribution in [3.05, 3.63) is 53.3 Å². The molecule has 3 N–H and O–H groups in total. The number of hydrogen-bond acceptors (Lipinski definition) is 3. The highest BCUT2D eigenvalue weighted by Crippen LogP contribution is 2.13. The number of carbonyl (C=O) groups excluding carboxylic acids is 1. The van der Waals surface area contributed by atoms with E-state index in [4.69, 9.17) is 11.0 Å². The quantitative estimate of drug-likeness (QED) is 0.869. The number of aryl methyl sites for hydroxylation is 1. The summed E-state index contributed by atoms with van der Waals surface area (Å²) in [5.74, 6) is -0.449. The molecule has 0 fully saturated rings. The van der Waals surface area contributed by atoms with Crippen LogP contribution in [0.15, 0.2) is 36.5 Å². The van der Waals surface area contributed by atoms with Gasteiger partial charge in [-0.3, -0.25) is 4.79 Å². The first-order valence-electron chi connectivity index (χ1n) is 5.79. The smallest absolute Gasteiger partial charge is 0.248 e. The van der Waals surface area contributed by atoms with Crippen LogP contribution in [-0.2, 0) is 13.6 Å². The van der Waals surface area contributed by atoms with E-state index in [2.05, 4.69) is 11.4 Å². The molecule has 2 aromatic rings. The van der Waals surface area contributed by atoms with Gasteiger partial charge < -0.3 is 15.6 Å². The van der Waals surface area contributed by atoms with E-state index < -0.39 is 5.91 Å². The maximum absolute atomic E-state index is 11.1. The number of nitrogens with one attached hydrogen (secondary N) is 1. The number of benzene rings is 1. The zero-order valence-electron chi connectivity index (χ0n) is 10.6. The number of aromatic nitrogens is 1. The number of anilines is 1. The molecular weight excluding hydrogens is 240 g/mol. The van der Waals surface area contributed by atoms with Crippen LogP contribution in [0.4, 0.5) is 5.69 Å². The molecule has 1 aromatic heterocycles. The Labute approximate surface area is 111 Å². The first kappa shape index (κ1) is 12.7. The number of nitriles is 1. The second-order valence-corrected chi connectivity index (χ2v) is 4.25. The molecule has 0 aliphatic rings. The van der Waals surface area contributed by atoms with E-state index in [0.717, 1.165) is 11.3 Å². The van der Waals surface area contributed by atoms with Crippen molar-refractivity contribution in [3.8, 4) is 6.07 Å². The van der Waals surface area contributed by atoms with Crippen LogP contribution < -0.4 is 11.1 Å². The van der Waals surface area contributed by atoms with Crippen molar-refractivity contribution in [1.29, 1.82) is 5.26 Å². The van der Waals surface area contributed by atoms with Crippen LogP contribution in [0.3, 0.4) is 0 Å². The Bertz CT molecular complexity index is 652. The van der Waals surface area contributed by atoms with Gasteiger partial charge in [-0.2, -0.15) is 5.26 Å². The van der Waals surface area contributed by atoms with Gasteiger partial charge in [0.25, 0.3) is 0 Å². The number of hydrogen-bond donors (Lipinski definition) is 2. The molecule has 1 heterocycles. The number of rotatable bonds is 4. The molecule has 0 saturated carbocycles. The Morgan fingerprint density at radius 2 is 2.26 bits per heavy atom. The van der Waals surface area contributed by atoms with Gasteiger partial charge in [0.15, 0.2) is 0 Å². The summed E-state index contributed by atoms with van der Waals surface area (Å²) in [6.45, 7) is 0.581. The van der Waals surface area contributed by atoms with Crippen molar-refractivity contribution in [1.82, 2.24) is 4.57 Å². The van der Waals surface area contributed by atoms with Crippen molar-refractivity contribution in [2.75, 3.05) is 5.32 Å². The number of primary amides is 1. The molecule has 2 rings (SSSR count). The molecule has 0 unspecified atom stereocenters. The SMILES string of the molecule is Cn1cc(CNc2cccc(C(N)=O)c2)cc1C#N. The molecule has 0 spiro atoms. The van der Waals surface area contributed by atoms with Gasteiger partial charge in [0, 0.05) is 31.0 Å². The van der Waals surface area contributed by atoms with Gasteiger partial charge in [0.05, 0.1) is 0 Å². The Balaban J connectivity index is 2.08. The lowest BCUT2D eigenvalue weighted by molar-refractivity contribution is 0.100. The predicted molar refractivity (Wildman–Crippen MR) is 72.4 cm³/mol. The summed E-state index contributed by atoms with van der Waals surface area (Å²) < 4.78 is 1.77. The topological polar surface area (TPSA) is 83.8 Å². The normalized spacial score (nSPS) is 9.89. The van der Waals surface area contributed by atoms with Crippen LogP contribution in [0.2, 0.25) is 0 Å². The molecular formula is C14H14N4O. The molecule has 0 aliphatic heterocycles. The van der Waals surface area contributed by atoms with Gasteiger partial charge in [-0.25, -0.2) is 0 Å². The van der Waals surface area contributed by atoms with Gasteiger partial charge in [-0.1, -0.05) is 6.07 Å². The Morgan fingerprint density at radius 3 is 2.89 bits per heavy atom. The molecule has 5 heteroatoms. The highest BCUT2D eigenvalue weighted by Gasteiger charge is 2.03. The molecule has 0 radical (unpaired) electrons. The number of amides is 1. The van der Waals surface area contributed by atoms with Crippen LogP contribution in [-0.4, -0.2) is 10.5 Å². The number of nitrogens with two attached hydrogens (primary N) is 1. The number of nitrogens with zero attached hydrogens (tertiary/aromatic N) is 2. The van der Waals surface area contributed by atoms with Gasteiger partial charge in [0.2, 0.25) is 5.91 Å². The van der Waals surface area contributed by atoms with Crippen molar-refractivity contribution in [2.24, 2.45) is 12.8 Å². The average Bonchev–Trinajstić information content (AvgIpc) is 2.77. The first-order valence-corrected chi connectivity index (χ1v) is 5.79. The molecule has 1 amide bonds. The van der Waals surface area contributed by atoms with E-state index >= 15 is 0 Å². The van der Waals surface area contributed by atoms with E-state index in [1.54, 1.807) is 22.8 Å². The lowest BCUT2D eigenvalue weighted by Gasteiger charge is -2.05. The maximum atomic E-state index is 11.1. The summed E-state index contributed by atoms with van der Waals surface area (Å²) in [6, 6.07) is 10.9. The fourth-order valence-corrected chi connectivity index (χ4v) is 1.83. The second kappa shape index (κ2) is 5.27. The molecule has 0 atom stereocenters. The van der Waals surface area contributed by atoms with Gasteiger partial charge in [-0.05, 0) is 29.8 Å². The third kappa shape index (κ3) is 2.93. The zero-order valence-corrected chi connectivity index (χ0v) is 10.6.